The molecule has 2 aromatic carbocycles. The number of hydrogen-bond acceptors (Lipinski definition) is 4. The van der Waals surface area contributed by atoms with Gasteiger partial charge in [0.15, 0.2) is 0 Å². The smallest absolute Gasteiger partial charge is 0.339 e. The number of carbonyl (C=O) groups excluding carboxylic acids is 1. The second kappa shape index (κ2) is 8.22. The van der Waals surface area contributed by atoms with Crippen molar-refractivity contribution in [3.8, 4) is 11.1 Å². The molecule has 8 heteroatoms. The molecule has 0 atom stereocenters. The van der Waals surface area contributed by atoms with E-state index in [1.54, 1.807) is 35.7 Å². The van der Waals surface area contributed by atoms with E-state index < -0.39 is 5.97 Å². The molecule has 1 amide bonds. The first-order chi connectivity index (χ1) is 13.3. The molecule has 0 fully saturated rings. The minimum atomic E-state index is -1.15. The van der Waals surface area contributed by atoms with Crippen LogP contribution in [0.15, 0.2) is 47.8 Å². The Balaban J connectivity index is 1.93. The molecule has 0 radical (unpaired) electrons. The summed E-state index contributed by atoms with van der Waals surface area (Å²) in [6.07, 6.45) is 0. The number of nitrogens with one attached hydrogen (secondary N) is 1. The number of nitrogens with zero attached hydrogens (tertiary/aromatic N) is 1. The van der Waals surface area contributed by atoms with Crippen LogP contribution in [0.4, 0.5) is 10.7 Å². The first-order valence-corrected chi connectivity index (χ1v) is 9.80. The van der Waals surface area contributed by atoms with Gasteiger partial charge in [0.2, 0.25) is 0 Å². The van der Waals surface area contributed by atoms with E-state index in [0.29, 0.717) is 26.7 Å². The fourth-order valence-corrected chi connectivity index (χ4v) is 4.11. The van der Waals surface area contributed by atoms with Crippen molar-refractivity contribution in [1.29, 1.82) is 0 Å². The van der Waals surface area contributed by atoms with Crippen molar-refractivity contribution in [2.75, 3.05) is 24.3 Å². The van der Waals surface area contributed by atoms with E-state index in [1.807, 2.05) is 31.1 Å². The average Bonchev–Trinajstić information content (AvgIpc) is 3.05. The number of aromatic carboxylic acids is 1. The summed E-state index contributed by atoms with van der Waals surface area (Å²) in [6.45, 7) is 0. The third-order valence-electron chi connectivity index (χ3n) is 4.10. The Labute approximate surface area is 176 Å². The zero-order valence-electron chi connectivity index (χ0n) is 15.0. The van der Waals surface area contributed by atoms with Crippen molar-refractivity contribution >= 4 is 57.1 Å². The van der Waals surface area contributed by atoms with E-state index >= 15 is 0 Å². The number of hydrogen-bond donors (Lipinski definition) is 2. The fourth-order valence-electron chi connectivity index (χ4n) is 2.65. The number of halogens is 2. The van der Waals surface area contributed by atoms with Crippen LogP contribution in [0.5, 0.6) is 0 Å². The minimum absolute atomic E-state index is 0.00696. The number of amides is 1. The van der Waals surface area contributed by atoms with Crippen molar-refractivity contribution in [1.82, 2.24) is 0 Å². The van der Waals surface area contributed by atoms with E-state index in [-0.39, 0.29) is 16.5 Å². The summed E-state index contributed by atoms with van der Waals surface area (Å²) in [6, 6.07) is 11.9. The standard InChI is InChI=1S/C20H16Cl2N2O3S/c1-24(2)13-6-3-11(4-7-13)18(25)23-19-17(20(26)27)15(10-28-19)14-8-5-12(21)9-16(14)22/h3-10H,1-2H3,(H,23,25)(H,26,27). The molecule has 0 saturated heterocycles. The van der Waals surface area contributed by atoms with Crippen LogP contribution in [0.2, 0.25) is 10.0 Å². The normalized spacial score (nSPS) is 10.6. The molecule has 0 bridgehead atoms. The molecule has 3 rings (SSSR count). The summed E-state index contributed by atoms with van der Waals surface area (Å²) in [5, 5.41) is 15.1. The Morgan fingerprint density at radius 2 is 1.71 bits per heavy atom. The Kier molecular flexibility index (Phi) is 5.93. The van der Waals surface area contributed by atoms with Gasteiger partial charge >= 0.3 is 5.97 Å². The van der Waals surface area contributed by atoms with Crippen molar-refractivity contribution < 1.29 is 14.7 Å². The molecule has 5 nitrogen and oxygen atoms in total. The molecule has 1 heterocycles. The van der Waals surface area contributed by atoms with Crippen LogP contribution in [0.25, 0.3) is 11.1 Å². The summed E-state index contributed by atoms with van der Waals surface area (Å²) >= 11 is 13.3. The molecule has 0 saturated carbocycles. The van der Waals surface area contributed by atoms with Gasteiger partial charge in [-0.15, -0.1) is 11.3 Å². The van der Waals surface area contributed by atoms with E-state index in [0.717, 1.165) is 17.0 Å². The van der Waals surface area contributed by atoms with E-state index in [9.17, 15) is 14.7 Å². The molecule has 2 N–H and O–H groups in total. The summed E-state index contributed by atoms with van der Waals surface area (Å²) in [4.78, 5) is 26.4. The summed E-state index contributed by atoms with van der Waals surface area (Å²) in [7, 11) is 3.81. The van der Waals surface area contributed by atoms with Gasteiger partial charge in [-0.3, -0.25) is 4.79 Å². The predicted molar refractivity (Wildman–Crippen MR) is 115 cm³/mol. The van der Waals surface area contributed by atoms with Crippen molar-refractivity contribution in [3.05, 3.63) is 69.0 Å². The Bertz CT molecular complexity index is 1050. The largest absolute Gasteiger partial charge is 0.478 e. The summed E-state index contributed by atoms with van der Waals surface area (Å²) < 4.78 is 0. The van der Waals surface area contributed by atoms with Crippen molar-refractivity contribution in [2.45, 2.75) is 0 Å². The average molecular weight is 435 g/mol. The molecule has 0 unspecified atom stereocenters. The lowest BCUT2D eigenvalue weighted by molar-refractivity contribution is 0.0699. The van der Waals surface area contributed by atoms with Gasteiger partial charge < -0.3 is 15.3 Å². The van der Waals surface area contributed by atoms with Crippen LogP contribution in [0, 0.1) is 0 Å². The van der Waals surface area contributed by atoms with Gasteiger partial charge in [-0.05, 0) is 36.4 Å². The minimum Gasteiger partial charge on any atom is -0.478 e. The lowest BCUT2D eigenvalue weighted by Crippen LogP contribution is -2.14. The molecule has 0 aliphatic rings. The first kappa shape index (κ1) is 20.2. The molecule has 0 aliphatic heterocycles. The lowest BCUT2D eigenvalue weighted by atomic mass is 10.0. The molecule has 28 heavy (non-hydrogen) atoms. The number of anilines is 2. The maximum atomic E-state index is 12.6. The maximum absolute atomic E-state index is 12.6. The second-order valence-corrected chi connectivity index (χ2v) is 7.90. The third kappa shape index (κ3) is 4.14. The number of carboxylic acids is 1. The number of thiophene rings is 1. The van der Waals surface area contributed by atoms with E-state index in [2.05, 4.69) is 5.32 Å². The van der Waals surface area contributed by atoms with E-state index in [1.165, 1.54) is 0 Å². The van der Waals surface area contributed by atoms with Gasteiger partial charge in [0.1, 0.15) is 10.6 Å². The van der Waals surface area contributed by atoms with Crippen LogP contribution in [-0.4, -0.2) is 31.1 Å². The van der Waals surface area contributed by atoms with Crippen molar-refractivity contribution in [3.63, 3.8) is 0 Å². The van der Waals surface area contributed by atoms with Gasteiger partial charge in [-0.2, -0.15) is 0 Å². The predicted octanol–water partition coefficient (Wildman–Crippen LogP) is 5.74. The fraction of sp³-hybridized carbons (Fsp3) is 0.100. The van der Waals surface area contributed by atoms with Gasteiger partial charge in [-0.1, -0.05) is 29.3 Å². The van der Waals surface area contributed by atoms with Gasteiger partial charge in [0, 0.05) is 51.9 Å². The highest BCUT2D eigenvalue weighted by Crippen LogP contribution is 2.39. The Hall–Kier alpha value is -2.54. The summed E-state index contributed by atoms with van der Waals surface area (Å²) in [5.41, 5.74) is 2.35. The molecule has 0 aliphatic carbocycles. The lowest BCUT2D eigenvalue weighted by Gasteiger charge is -2.12. The molecular weight excluding hydrogens is 419 g/mol. The highest BCUT2D eigenvalue weighted by Gasteiger charge is 2.23. The number of carboxylic acid groups (broad SMARTS) is 1. The van der Waals surface area contributed by atoms with Crippen LogP contribution in [0.3, 0.4) is 0 Å². The number of rotatable bonds is 5. The molecule has 1 aromatic heterocycles. The number of benzene rings is 2. The van der Waals surface area contributed by atoms with Gasteiger partial charge in [0.05, 0.1) is 0 Å². The molecular formula is C20H16Cl2N2O3S. The first-order valence-electron chi connectivity index (χ1n) is 8.17. The van der Waals surface area contributed by atoms with Gasteiger partial charge in [0.25, 0.3) is 5.91 Å². The highest BCUT2D eigenvalue weighted by atomic mass is 35.5. The molecule has 144 valence electrons. The second-order valence-electron chi connectivity index (χ2n) is 6.18. The zero-order chi connectivity index (χ0) is 20.4. The van der Waals surface area contributed by atoms with Crippen LogP contribution in [0.1, 0.15) is 20.7 Å². The maximum Gasteiger partial charge on any atom is 0.339 e. The topological polar surface area (TPSA) is 69.6 Å². The zero-order valence-corrected chi connectivity index (χ0v) is 17.3. The Morgan fingerprint density at radius 3 is 2.29 bits per heavy atom. The molecule has 3 aromatic rings. The van der Waals surface area contributed by atoms with Crippen LogP contribution in [-0.2, 0) is 0 Å². The quantitative estimate of drug-likeness (QED) is 0.537. The van der Waals surface area contributed by atoms with Crippen LogP contribution < -0.4 is 10.2 Å². The SMILES string of the molecule is CN(C)c1ccc(C(=O)Nc2scc(-c3ccc(Cl)cc3Cl)c2C(=O)O)cc1. The Morgan fingerprint density at radius 1 is 1.04 bits per heavy atom. The van der Waals surface area contributed by atoms with Crippen LogP contribution >= 0.6 is 34.5 Å². The monoisotopic (exact) mass is 434 g/mol. The number of carbonyl (C=O) groups is 2. The van der Waals surface area contributed by atoms with E-state index in [4.69, 9.17) is 23.2 Å². The van der Waals surface area contributed by atoms with Crippen molar-refractivity contribution in [2.24, 2.45) is 0 Å². The van der Waals surface area contributed by atoms with Gasteiger partial charge in [-0.25, -0.2) is 4.79 Å². The molecule has 0 spiro atoms. The third-order valence-corrected chi connectivity index (χ3v) is 5.54. The highest BCUT2D eigenvalue weighted by molar-refractivity contribution is 7.15. The summed E-state index contributed by atoms with van der Waals surface area (Å²) in [5.74, 6) is -1.54.